The number of hydrogen-bond donors (Lipinski definition) is 0. The van der Waals surface area contributed by atoms with Crippen LogP contribution in [0.5, 0.6) is 5.75 Å². The van der Waals surface area contributed by atoms with E-state index in [1.54, 1.807) is 35.2 Å². The minimum atomic E-state index is -4.07. The summed E-state index contributed by atoms with van der Waals surface area (Å²) in [7, 11) is -4.07. The van der Waals surface area contributed by atoms with Crippen LogP contribution in [0, 0.1) is 0 Å². The van der Waals surface area contributed by atoms with Gasteiger partial charge in [0.15, 0.2) is 0 Å². The molecule has 2 amide bonds. The molecule has 0 N–H and O–H groups in total. The van der Waals surface area contributed by atoms with Crippen molar-refractivity contribution in [1.29, 1.82) is 0 Å². The molecular weight excluding hydrogens is 466 g/mol. The maximum atomic E-state index is 13.2. The molecule has 2 heterocycles. The van der Waals surface area contributed by atoms with Gasteiger partial charge in [-0.25, -0.2) is 12.7 Å². The summed E-state index contributed by atoms with van der Waals surface area (Å²) < 4.78 is 32.6. The van der Waals surface area contributed by atoms with Crippen LogP contribution >= 0.6 is 11.6 Å². The third-order valence-electron chi connectivity index (χ3n) is 5.92. The Kier molecular flexibility index (Phi) is 7.21. The highest BCUT2D eigenvalue weighted by atomic mass is 35.5. The number of rotatable bonds is 7. The molecule has 2 saturated heterocycles. The second-order valence-corrected chi connectivity index (χ2v) is 10.3. The summed E-state index contributed by atoms with van der Waals surface area (Å²) in [5, 5.41) is 0.655. The third-order valence-corrected chi connectivity index (χ3v) is 8.02. The van der Waals surface area contributed by atoms with Gasteiger partial charge in [-0.1, -0.05) is 29.8 Å². The van der Waals surface area contributed by atoms with E-state index >= 15 is 0 Å². The van der Waals surface area contributed by atoms with Crippen molar-refractivity contribution in [3.8, 4) is 5.75 Å². The highest BCUT2D eigenvalue weighted by molar-refractivity contribution is 7.89. The number of ether oxygens (including phenoxy) is 1. The fourth-order valence-corrected chi connectivity index (χ4v) is 5.86. The lowest BCUT2D eigenvalue weighted by Crippen LogP contribution is -2.55. The van der Waals surface area contributed by atoms with Crippen molar-refractivity contribution >= 4 is 33.4 Å². The molecule has 10 heteroatoms. The van der Waals surface area contributed by atoms with Crippen molar-refractivity contribution in [2.75, 3.05) is 39.3 Å². The fraction of sp³-hybridized carbons (Fsp3) is 0.391. The van der Waals surface area contributed by atoms with E-state index in [1.807, 2.05) is 12.1 Å². The predicted molar refractivity (Wildman–Crippen MR) is 123 cm³/mol. The van der Waals surface area contributed by atoms with Crippen molar-refractivity contribution in [3.63, 3.8) is 0 Å². The Morgan fingerprint density at radius 3 is 2.33 bits per heavy atom. The Labute approximate surface area is 198 Å². The van der Waals surface area contributed by atoms with Gasteiger partial charge in [-0.05, 0) is 42.8 Å². The number of hydrogen-bond acceptors (Lipinski definition) is 6. The van der Waals surface area contributed by atoms with E-state index in [0.717, 1.165) is 10.1 Å². The molecule has 0 unspecified atom stereocenters. The standard InChI is InChI=1S/C23H26ClN3O5S/c24-18-6-8-19(9-7-18)32-17-16-25-12-14-26(15-13-25)23(29)21-10-11-22(28)27(21)33(30,31)20-4-2-1-3-5-20/h1-9,21H,10-17H2/t21-/m1/s1. The summed E-state index contributed by atoms with van der Waals surface area (Å²) in [4.78, 5) is 29.5. The maximum absolute atomic E-state index is 13.2. The van der Waals surface area contributed by atoms with Crippen molar-refractivity contribution in [2.45, 2.75) is 23.8 Å². The zero-order valence-corrected chi connectivity index (χ0v) is 19.7. The monoisotopic (exact) mass is 491 g/mol. The molecule has 0 aliphatic carbocycles. The van der Waals surface area contributed by atoms with Crippen LogP contribution in [-0.2, 0) is 19.6 Å². The first-order chi connectivity index (χ1) is 15.9. The van der Waals surface area contributed by atoms with Gasteiger partial charge in [-0.15, -0.1) is 0 Å². The third kappa shape index (κ3) is 5.31. The van der Waals surface area contributed by atoms with Gasteiger partial charge >= 0.3 is 0 Å². The van der Waals surface area contributed by atoms with Crippen LogP contribution in [0.2, 0.25) is 5.02 Å². The highest BCUT2D eigenvalue weighted by Crippen LogP contribution is 2.28. The summed E-state index contributed by atoms with van der Waals surface area (Å²) in [5.74, 6) is -0.0913. The molecule has 2 aromatic carbocycles. The van der Waals surface area contributed by atoms with Crippen LogP contribution in [0.15, 0.2) is 59.5 Å². The Morgan fingerprint density at radius 2 is 1.67 bits per heavy atom. The predicted octanol–water partition coefficient (Wildman–Crippen LogP) is 2.24. The number of halogens is 1. The lowest BCUT2D eigenvalue weighted by Gasteiger charge is -2.37. The molecule has 0 saturated carbocycles. The molecule has 4 rings (SSSR count). The fourth-order valence-electron chi connectivity index (χ4n) is 4.12. The number of sulfonamides is 1. The molecule has 33 heavy (non-hydrogen) atoms. The Hall–Kier alpha value is -2.62. The zero-order valence-electron chi connectivity index (χ0n) is 18.1. The number of nitrogens with zero attached hydrogens (tertiary/aromatic N) is 3. The maximum Gasteiger partial charge on any atom is 0.267 e. The normalized spacial score (nSPS) is 19.7. The van der Waals surface area contributed by atoms with Crippen LogP contribution in [0.4, 0.5) is 0 Å². The van der Waals surface area contributed by atoms with Gasteiger partial charge < -0.3 is 9.64 Å². The number of piperazine rings is 1. The minimum absolute atomic E-state index is 0.0172. The van der Waals surface area contributed by atoms with Gasteiger partial charge in [0.2, 0.25) is 11.8 Å². The van der Waals surface area contributed by atoms with Gasteiger partial charge in [-0.3, -0.25) is 14.5 Å². The van der Waals surface area contributed by atoms with Crippen LogP contribution < -0.4 is 4.74 Å². The van der Waals surface area contributed by atoms with Gasteiger partial charge in [0, 0.05) is 44.2 Å². The molecule has 2 aromatic rings. The molecule has 2 aliphatic rings. The first-order valence-electron chi connectivity index (χ1n) is 10.9. The second-order valence-electron chi connectivity index (χ2n) is 8.03. The van der Waals surface area contributed by atoms with E-state index in [9.17, 15) is 18.0 Å². The molecule has 0 spiro atoms. The van der Waals surface area contributed by atoms with Crippen LogP contribution in [0.1, 0.15) is 12.8 Å². The van der Waals surface area contributed by atoms with Crippen LogP contribution in [0.3, 0.4) is 0 Å². The zero-order chi connectivity index (χ0) is 23.4. The van der Waals surface area contributed by atoms with Crippen molar-refractivity contribution in [3.05, 3.63) is 59.6 Å². The van der Waals surface area contributed by atoms with Gasteiger partial charge in [0.05, 0.1) is 4.90 Å². The van der Waals surface area contributed by atoms with E-state index in [-0.39, 0.29) is 23.6 Å². The molecule has 0 bridgehead atoms. The summed E-state index contributed by atoms with van der Waals surface area (Å²) in [5.41, 5.74) is 0. The summed E-state index contributed by atoms with van der Waals surface area (Å²) in [6.07, 6.45) is 0.253. The molecular formula is C23H26ClN3O5S. The molecule has 0 aromatic heterocycles. The van der Waals surface area contributed by atoms with Crippen LogP contribution in [-0.4, -0.2) is 79.7 Å². The first-order valence-corrected chi connectivity index (χ1v) is 12.7. The van der Waals surface area contributed by atoms with E-state index in [0.29, 0.717) is 44.4 Å². The molecule has 176 valence electrons. The smallest absolute Gasteiger partial charge is 0.267 e. The average Bonchev–Trinajstić information content (AvgIpc) is 3.23. The van der Waals surface area contributed by atoms with E-state index < -0.39 is 22.0 Å². The van der Waals surface area contributed by atoms with E-state index in [1.165, 1.54) is 12.1 Å². The SMILES string of the molecule is O=C([C@H]1CCC(=O)N1S(=O)(=O)c1ccccc1)N1CCN(CCOc2ccc(Cl)cc2)CC1. The van der Waals surface area contributed by atoms with Crippen molar-refractivity contribution in [1.82, 2.24) is 14.1 Å². The van der Waals surface area contributed by atoms with E-state index in [2.05, 4.69) is 4.90 Å². The van der Waals surface area contributed by atoms with Gasteiger partial charge in [0.1, 0.15) is 18.4 Å². The number of carbonyl (C=O) groups excluding carboxylic acids is 2. The van der Waals surface area contributed by atoms with Gasteiger partial charge in [0.25, 0.3) is 10.0 Å². The number of benzene rings is 2. The average molecular weight is 492 g/mol. The first kappa shape index (κ1) is 23.5. The molecule has 2 aliphatic heterocycles. The summed E-state index contributed by atoms with van der Waals surface area (Å²) in [6, 6.07) is 14.0. The van der Waals surface area contributed by atoms with Gasteiger partial charge in [-0.2, -0.15) is 0 Å². The molecule has 8 nitrogen and oxygen atoms in total. The quantitative estimate of drug-likeness (QED) is 0.590. The summed E-state index contributed by atoms with van der Waals surface area (Å²) in [6.45, 7) is 3.48. The molecule has 1 atom stereocenters. The largest absolute Gasteiger partial charge is 0.492 e. The van der Waals surface area contributed by atoms with Crippen LogP contribution in [0.25, 0.3) is 0 Å². The Balaban J connectivity index is 1.32. The summed E-state index contributed by atoms with van der Waals surface area (Å²) >= 11 is 5.88. The number of carbonyl (C=O) groups is 2. The van der Waals surface area contributed by atoms with E-state index in [4.69, 9.17) is 16.3 Å². The lowest BCUT2D eigenvalue weighted by molar-refractivity contribution is -0.139. The second kappa shape index (κ2) is 10.1. The minimum Gasteiger partial charge on any atom is -0.492 e. The Morgan fingerprint density at radius 1 is 1.00 bits per heavy atom. The van der Waals surface area contributed by atoms with Crippen molar-refractivity contribution in [2.24, 2.45) is 0 Å². The molecule has 2 fully saturated rings. The van der Waals surface area contributed by atoms with Crippen molar-refractivity contribution < 1.29 is 22.7 Å². The Bertz CT molecular complexity index is 1090. The number of amides is 2. The topological polar surface area (TPSA) is 87.2 Å². The molecule has 0 radical (unpaired) electrons. The lowest BCUT2D eigenvalue weighted by atomic mass is 10.2. The highest BCUT2D eigenvalue weighted by Gasteiger charge is 2.45.